The Kier molecular flexibility index (Phi) is 5.85. The summed E-state index contributed by atoms with van der Waals surface area (Å²) >= 11 is 0. The third kappa shape index (κ3) is 4.64. The fraction of sp³-hybridized carbons (Fsp3) is 0.476. The minimum absolute atomic E-state index is 0.0891. The minimum Gasteiger partial charge on any atom is -0.394 e. The number of nitrogens with one attached hydrogen (secondary N) is 1. The zero-order chi connectivity index (χ0) is 22.1. The van der Waals surface area contributed by atoms with E-state index in [9.17, 15) is 18.3 Å². The van der Waals surface area contributed by atoms with E-state index in [-0.39, 0.29) is 6.54 Å². The van der Waals surface area contributed by atoms with Crippen molar-refractivity contribution in [2.45, 2.75) is 56.5 Å². The number of aromatic nitrogens is 4. The molecule has 1 unspecified atom stereocenters. The van der Waals surface area contributed by atoms with Crippen LogP contribution in [0.1, 0.15) is 36.8 Å². The van der Waals surface area contributed by atoms with Crippen LogP contribution in [0.5, 0.6) is 0 Å². The van der Waals surface area contributed by atoms with Gasteiger partial charge in [-0.15, -0.1) is 0 Å². The Hall–Kier alpha value is -2.72. The van der Waals surface area contributed by atoms with Crippen molar-refractivity contribution in [3.8, 4) is 0 Å². The van der Waals surface area contributed by atoms with Gasteiger partial charge in [-0.2, -0.15) is 18.3 Å². The number of benzene rings is 1. The van der Waals surface area contributed by atoms with E-state index in [1.165, 1.54) is 23.1 Å². The lowest BCUT2D eigenvalue weighted by Gasteiger charge is -2.31. The Balaban J connectivity index is 1.62. The Morgan fingerprint density at radius 3 is 2.68 bits per heavy atom. The number of hydrogen-bond donors (Lipinski definition) is 3. The summed E-state index contributed by atoms with van der Waals surface area (Å²) in [5.41, 5.74) is 0.0675. The SMILES string of the molecule is OCC(O)Cn1ncc2c(NC3(Cc4cccc(C(F)(F)F)c4)CCCC3)ncnc21. The van der Waals surface area contributed by atoms with E-state index in [4.69, 9.17) is 5.11 Å². The number of alkyl halides is 3. The molecule has 4 rings (SSSR count). The molecular formula is C21H24F3N5O2. The monoisotopic (exact) mass is 435 g/mol. The summed E-state index contributed by atoms with van der Waals surface area (Å²) in [5.74, 6) is 0.559. The molecule has 7 nitrogen and oxygen atoms in total. The average Bonchev–Trinajstić information content (AvgIpc) is 3.36. The molecule has 0 aliphatic heterocycles. The molecule has 1 aliphatic carbocycles. The van der Waals surface area contributed by atoms with Crippen LogP contribution in [0.15, 0.2) is 36.8 Å². The van der Waals surface area contributed by atoms with Gasteiger partial charge in [0.05, 0.1) is 36.4 Å². The number of hydrogen-bond acceptors (Lipinski definition) is 6. The minimum atomic E-state index is -4.38. The molecule has 1 fully saturated rings. The summed E-state index contributed by atoms with van der Waals surface area (Å²) in [6, 6.07) is 5.47. The molecule has 1 aromatic carbocycles. The maximum atomic E-state index is 13.1. The first kappa shape index (κ1) is 21.5. The smallest absolute Gasteiger partial charge is 0.394 e. The fourth-order valence-electron chi connectivity index (χ4n) is 4.28. The highest BCUT2D eigenvalue weighted by Gasteiger charge is 2.36. The van der Waals surface area contributed by atoms with Gasteiger partial charge in [0.15, 0.2) is 5.65 Å². The standard InChI is InChI=1S/C21H24F3N5O2/c22-21(23,24)15-5-3-4-14(8-15)9-20(6-1-2-7-20)28-18-17-10-27-29(11-16(31)12-30)19(17)26-13-25-18/h3-5,8,10,13,16,30-31H,1-2,6-7,9,11-12H2,(H,25,26,28). The van der Waals surface area contributed by atoms with Crippen LogP contribution in [0.2, 0.25) is 0 Å². The second kappa shape index (κ2) is 8.43. The molecule has 1 atom stereocenters. The van der Waals surface area contributed by atoms with Gasteiger partial charge >= 0.3 is 6.18 Å². The number of halogens is 3. The maximum absolute atomic E-state index is 13.1. The van der Waals surface area contributed by atoms with Crippen molar-refractivity contribution in [2.75, 3.05) is 11.9 Å². The molecule has 166 valence electrons. The van der Waals surface area contributed by atoms with Crippen LogP contribution in [-0.4, -0.2) is 48.2 Å². The molecule has 0 amide bonds. The lowest BCUT2D eigenvalue weighted by atomic mass is 9.88. The van der Waals surface area contributed by atoms with Crippen molar-refractivity contribution in [1.29, 1.82) is 0 Å². The highest BCUT2D eigenvalue weighted by molar-refractivity contribution is 5.86. The first-order chi connectivity index (χ1) is 14.8. The van der Waals surface area contributed by atoms with Crippen LogP contribution in [0.3, 0.4) is 0 Å². The molecule has 2 aromatic heterocycles. The number of anilines is 1. The summed E-state index contributed by atoms with van der Waals surface area (Å²) in [6.07, 6.45) is 1.66. The van der Waals surface area contributed by atoms with Gasteiger partial charge in [-0.05, 0) is 30.9 Å². The van der Waals surface area contributed by atoms with Gasteiger partial charge in [0.25, 0.3) is 0 Å². The molecule has 1 saturated carbocycles. The summed E-state index contributed by atoms with van der Waals surface area (Å²) in [7, 11) is 0. The molecule has 10 heteroatoms. The van der Waals surface area contributed by atoms with E-state index in [0.29, 0.717) is 28.8 Å². The number of aliphatic hydroxyl groups is 2. The molecule has 1 aliphatic rings. The van der Waals surface area contributed by atoms with Crippen molar-refractivity contribution < 1.29 is 23.4 Å². The molecular weight excluding hydrogens is 411 g/mol. The van der Waals surface area contributed by atoms with Gasteiger partial charge in [0.2, 0.25) is 0 Å². The Labute approximate surface area is 176 Å². The maximum Gasteiger partial charge on any atom is 0.416 e. The van der Waals surface area contributed by atoms with Crippen molar-refractivity contribution in [1.82, 2.24) is 19.7 Å². The lowest BCUT2D eigenvalue weighted by Crippen LogP contribution is -2.38. The van der Waals surface area contributed by atoms with E-state index < -0.39 is 30.0 Å². The number of aliphatic hydroxyl groups excluding tert-OH is 2. The van der Waals surface area contributed by atoms with E-state index in [1.54, 1.807) is 12.3 Å². The van der Waals surface area contributed by atoms with Crippen LogP contribution in [0, 0.1) is 0 Å². The molecule has 0 saturated heterocycles. The summed E-state index contributed by atoms with van der Waals surface area (Å²) < 4.78 is 40.9. The predicted octanol–water partition coefficient (Wildman–Crippen LogP) is 3.17. The van der Waals surface area contributed by atoms with Gasteiger partial charge in [-0.25, -0.2) is 14.6 Å². The van der Waals surface area contributed by atoms with Gasteiger partial charge in [0.1, 0.15) is 12.1 Å². The van der Waals surface area contributed by atoms with Crippen molar-refractivity contribution in [2.24, 2.45) is 0 Å². The third-order valence-electron chi connectivity index (χ3n) is 5.77. The van der Waals surface area contributed by atoms with E-state index in [1.807, 2.05) is 0 Å². The Bertz CT molecular complexity index is 1050. The molecule has 0 spiro atoms. The predicted molar refractivity (Wildman–Crippen MR) is 108 cm³/mol. The average molecular weight is 435 g/mol. The highest BCUT2D eigenvalue weighted by atomic mass is 19.4. The Morgan fingerprint density at radius 1 is 1.19 bits per heavy atom. The first-order valence-electron chi connectivity index (χ1n) is 10.2. The Morgan fingerprint density at radius 2 is 1.97 bits per heavy atom. The van der Waals surface area contributed by atoms with Crippen LogP contribution in [0.4, 0.5) is 19.0 Å². The summed E-state index contributed by atoms with van der Waals surface area (Å²) in [4.78, 5) is 8.60. The zero-order valence-corrected chi connectivity index (χ0v) is 16.8. The zero-order valence-electron chi connectivity index (χ0n) is 16.8. The highest BCUT2D eigenvalue weighted by Crippen LogP contribution is 2.38. The first-order valence-corrected chi connectivity index (χ1v) is 10.2. The van der Waals surface area contributed by atoms with Crippen molar-refractivity contribution in [3.05, 3.63) is 47.9 Å². The summed E-state index contributed by atoms with van der Waals surface area (Å²) in [6.45, 7) is -0.302. The van der Waals surface area contributed by atoms with E-state index in [2.05, 4.69) is 20.4 Å². The molecule has 3 N–H and O–H groups in total. The molecule has 2 heterocycles. The van der Waals surface area contributed by atoms with E-state index in [0.717, 1.165) is 31.7 Å². The van der Waals surface area contributed by atoms with Gasteiger partial charge < -0.3 is 15.5 Å². The molecule has 31 heavy (non-hydrogen) atoms. The topological polar surface area (TPSA) is 96.1 Å². The second-order valence-electron chi connectivity index (χ2n) is 8.11. The molecule has 0 bridgehead atoms. The molecule has 0 radical (unpaired) electrons. The normalized spacial score (nSPS) is 17.2. The van der Waals surface area contributed by atoms with Crippen LogP contribution >= 0.6 is 0 Å². The second-order valence-corrected chi connectivity index (χ2v) is 8.11. The number of rotatable bonds is 7. The van der Waals surface area contributed by atoms with E-state index >= 15 is 0 Å². The largest absolute Gasteiger partial charge is 0.416 e. The lowest BCUT2D eigenvalue weighted by molar-refractivity contribution is -0.137. The number of nitrogens with zero attached hydrogens (tertiary/aromatic N) is 4. The number of fused-ring (bicyclic) bond motifs is 1. The van der Waals surface area contributed by atoms with Gasteiger partial charge in [-0.1, -0.05) is 31.0 Å². The van der Waals surface area contributed by atoms with Crippen molar-refractivity contribution >= 4 is 16.9 Å². The van der Waals surface area contributed by atoms with Crippen LogP contribution in [0.25, 0.3) is 11.0 Å². The summed E-state index contributed by atoms with van der Waals surface area (Å²) in [5, 5.41) is 27.2. The van der Waals surface area contributed by atoms with Gasteiger partial charge in [0, 0.05) is 5.54 Å². The van der Waals surface area contributed by atoms with Gasteiger partial charge in [-0.3, -0.25) is 0 Å². The van der Waals surface area contributed by atoms with Crippen LogP contribution in [-0.2, 0) is 19.1 Å². The van der Waals surface area contributed by atoms with Crippen LogP contribution < -0.4 is 5.32 Å². The fourth-order valence-corrected chi connectivity index (χ4v) is 4.28. The molecule has 3 aromatic rings. The van der Waals surface area contributed by atoms with Crippen molar-refractivity contribution in [3.63, 3.8) is 0 Å². The third-order valence-corrected chi connectivity index (χ3v) is 5.77. The quantitative estimate of drug-likeness (QED) is 0.528.